The number of benzene rings is 1. The first-order valence-electron chi connectivity index (χ1n) is 6.98. The van der Waals surface area contributed by atoms with Crippen LogP contribution in [0.1, 0.15) is 9.75 Å². The third-order valence-electron chi connectivity index (χ3n) is 3.90. The van der Waals surface area contributed by atoms with E-state index in [9.17, 15) is 4.39 Å². The molecule has 0 fully saturated rings. The van der Waals surface area contributed by atoms with Crippen molar-refractivity contribution < 1.29 is 4.39 Å². The van der Waals surface area contributed by atoms with Crippen molar-refractivity contribution in [2.45, 2.75) is 13.8 Å². The van der Waals surface area contributed by atoms with E-state index in [1.807, 2.05) is 16.7 Å². The number of thiophene rings is 1. The minimum atomic E-state index is -0.272. The van der Waals surface area contributed by atoms with Gasteiger partial charge in [-0.05, 0) is 43.5 Å². The highest BCUT2D eigenvalue weighted by molar-refractivity contribution is 7.12. The summed E-state index contributed by atoms with van der Waals surface area (Å²) in [5.41, 5.74) is 8.79. The summed E-state index contributed by atoms with van der Waals surface area (Å²) in [4.78, 5) is 7.11. The summed E-state index contributed by atoms with van der Waals surface area (Å²) >= 11 is 1.72. The molecule has 4 rings (SSSR count). The second kappa shape index (κ2) is 4.55. The molecular formula is C17H14FN3S. The molecule has 0 unspecified atom stereocenters. The number of rotatable bonds is 1. The monoisotopic (exact) mass is 311 g/mol. The minimum absolute atomic E-state index is 0.272. The van der Waals surface area contributed by atoms with Gasteiger partial charge in [-0.25, -0.2) is 9.37 Å². The average Bonchev–Trinajstić information content (AvgIpc) is 2.99. The Kier molecular flexibility index (Phi) is 2.74. The van der Waals surface area contributed by atoms with Gasteiger partial charge in [0.1, 0.15) is 23.0 Å². The molecule has 5 heteroatoms. The molecule has 3 nitrogen and oxygen atoms in total. The van der Waals surface area contributed by atoms with Crippen LogP contribution in [0, 0.1) is 19.7 Å². The average molecular weight is 311 g/mol. The van der Waals surface area contributed by atoms with Crippen LogP contribution in [0.25, 0.3) is 27.7 Å². The normalized spacial score (nSPS) is 11.6. The molecule has 0 atom stereocenters. The lowest BCUT2D eigenvalue weighted by molar-refractivity contribution is 0.630. The van der Waals surface area contributed by atoms with E-state index >= 15 is 0 Å². The molecule has 1 aromatic carbocycles. The number of aryl methyl sites for hydroxylation is 2. The Hall–Kier alpha value is -2.40. The highest BCUT2D eigenvalue weighted by Crippen LogP contribution is 2.35. The van der Waals surface area contributed by atoms with Crippen molar-refractivity contribution in [1.29, 1.82) is 0 Å². The van der Waals surface area contributed by atoms with E-state index in [1.165, 1.54) is 21.9 Å². The van der Waals surface area contributed by atoms with Gasteiger partial charge in [-0.2, -0.15) is 0 Å². The van der Waals surface area contributed by atoms with Crippen molar-refractivity contribution in [1.82, 2.24) is 9.38 Å². The van der Waals surface area contributed by atoms with Crippen LogP contribution in [-0.4, -0.2) is 9.38 Å². The Bertz CT molecular complexity index is 1030. The number of anilines is 1. The Morgan fingerprint density at radius 3 is 2.73 bits per heavy atom. The highest BCUT2D eigenvalue weighted by atomic mass is 32.1. The second-order valence-corrected chi connectivity index (χ2v) is 6.87. The van der Waals surface area contributed by atoms with Crippen molar-refractivity contribution in [3.8, 4) is 11.3 Å². The van der Waals surface area contributed by atoms with Crippen LogP contribution in [0.4, 0.5) is 10.2 Å². The fourth-order valence-corrected chi connectivity index (χ4v) is 3.80. The number of pyridine rings is 1. The SMILES string of the molecule is Cc1cc(-c2nc3c4cc(F)ccc4ccn3c2N)c(C)s1. The Labute approximate surface area is 130 Å². The first kappa shape index (κ1) is 13.3. The molecule has 22 heavy (non-hydrogen) atoms. The number of nitrogens with zero attached hydrogens (tertiary/aromatic N) is 2. The van der Waals surface area contributed by atoms with Crippen LogP contribution in [0.3, 0.4) is 0 Å². The van der Waals surface area contributed by atoms with Crippen LogP contribution >= 0.6 is 11.3 Å². The van der Waals surface area contributed by atoms with E-state index in [1.54, 1.807) is 17.4 Å². The predicted molar refractivity (Wildman–Crippen MR) is 89.9 cm³/mol. The summed E-state index contributed by atoms with van der Waals surface area (Å²) in [5.74, 6) is 0.313. The molecule has 0 bridgehead atoms. The number of fused-ring (bicyclic) bond motifs is 3. The molecule has 3 aromatic heterocycles. The van der Waals surface area contributed by atoms with Gasteiger partial charge in [-0.15, -0.1) is 11.3 Å². The fourth-order valence-electron chi connectivity index (χ4n) is 2.87. The van der Waals surface area contributed by atoms with Crippen molar-refractivity contribution in [3.63, 3.8) is 0 Å². The summed E-state index contributed by atoms with van der Waals surface area (Å²) in [6.45, 7) is 4.13. The number of hydrogen-bond acceptors (Lipinski definition) is 3. The van der Waals surface area contributed by atoms with Crippen LogP contribution in [0.2, 0.25) is 0 Å². The highest BCUT2D eigenvalue weighted by Gasteiger charge is 2.16. The number of halogens is 1. The first-order valence-corrected chi connectivity index (χ1v) is 7.79. The molecule has 110 valence electrons. The van der Waals surface area contributed by atoms with Crippen molar-refractivity contribution in [2.24, 2.45) is 0 Å². The predicted octanol–water partition coefficient (Wildman–Crippen LogP) is 4.55. The second-order valence-electron chi connectivity index (χ2n) is 5.41. The van der Waals surface area contributed by atoms with Gasteiger partial charge < -0.3 is 5.73 Å². The van der Waals surface area contributed by atoms with Gasteiger partial charge in [0.15, 0.2) is 0 Å². The smallest absolute Gasteiger partial charge is 0.147 e. The summed E-state index contributed by atoms with van der Waals surface area (Å²) in [7, 11) is 0. The summed E-state index contributed by atoms with van der Waals surface area (Å²) in [6.07, 6.45) is 1.88. The fraction of sp³-hybridized carbons (Fsp3) is 0.118. The zero-order valence-electron chi connectivity index (χ0n) is 12.2. The molecule has 2 N–H and O–H groups in total. The van der Waals surface area contributed by atoms with Crippen LogP contribution < -0.4 is 5.73 Å². The van der Waals surface area contributed by atoms with Gasteiger partial charge in [-0.3, -0.25) is 4.40 Å². The lowest BCUT2D eigenvalue weighted by Gasteiger charge is -2.01. The van der Waals surface area contributed by atoms with E-state index in [0.717, 1.165) is 22.0 Å². The number of imidazole rings is 1. The molecule has 0 aliphatic carbocycles. The van der Waals surface area contributed by atoms with Gasteiger partial charge >= 0.3 is 0 Å². The van der Waals surface area contributed by atoms with E-state index in [0.29, 0.717) is 11.5 Å². The van der Waals surface area contributed by atoms with Gasteiger partial charge in [0.2, 0.25) is 0 Å². The molecule has 0 saturated carbocycles. The largest absolute Gasteiger partial charge is 0.383 e. The van der Waals surface area contributed by atoms with E-state index in [2.05, 4.69) is 19.9 Å². The molecular weight excluding hydrogens is 297 g/mol. The maximum atomic E-state index is 13.6. The lowest BCUT2D eigenvalue weighted by atomic mass is 10.1. The zero-order valence-corrected chi connectivity index (χ0v) is 13.0. The van der Waals surface area contributed by atoms with Crippen molar-refractivity contribution in [2.75, 3.05) is 5.73 Å². The van der Waals surface area contributed by atoms with E-state index < -0.39 is 0 Å². The van der Waals surface area contributed by atoms with Crippen LogP contribution in [0.5, 0.6) is 0 Å². The van der Waals surface area contributed by atoms with Crippen molar-refractivity contribution in [3.05, 3.63) is 52.1 Å². The number of hydrogen-bond donors (Lipinski definition) is 1. The maximum Gasteiger partial charge on any atom is 0.147 e. The number of nitrogen functional groups attached to an aromatic ring is 1. The minimum Gasteiger partial charge on any atom is -0.383 e. The number of nitrogens with two attached hydrogens (primary N) is 1. The third-order valence-corrected chi connectivity index (χ3v) is 4.87. The molecule has 3 heterocycles. The Morgan fingerprint density at radius 2 is 2.00 bits per heavy atom. The summed E-state index contributed by atoms with van der Waals surface area (Å²) < 4.78 is 15.4. The van der Waals surface area contributed by atoms with Gasteiger partial charge in [0.25, 0.3) is 0 Å². The molecule has 0 aliphatic rings. The van der Waals surface area contributed by atoms with E-state index in [4.69, 9.17) is 10.7 Å². The van der Waals surface area contributed by atoms with Gasteiger partial charge in [-0.1, -0.05) is 6.07 Å². The molecule has 4 aromatic rings. The standard InChI is InChI=1S/C17H14FN3S/c1-9-7-13(10(2)22-9)15-16(19)21-6-5-11-3-4-12(18)8-14(11)17(21)20-15/h3-8H,19H2,1-2H3. The summed E-state index contributed by atoms with van der Waals surface area (Å²) in [6, 6.07) is 8.75. The number of aromatic nitrogens is 2. The van der Waals surface area contributed by atoms with Crippen LogP contribution in [0.15, 0.2) is 36.5 Å². The van der Waals surface area contributed by atoms with Crippen molar-refractivity contribution >= 4 is 33.6 Å². The summed E-state index contributed by atoms with van der Waals surface area (Å²) in [5, 5.41) is 1.72. The van der Waals surface area contributed by atoms with Gasteiger partial charge in [0.05, 0.1) is 0 Å². The molecule has 0 radical (unpaired) electrons. The van der Waals surface area contributed by atoms with Gasteiger partial charge in [0, 0.05) is 26.9 Å². The first-order chi connectivity index (χ1) is 10.5. The Morgan fingerprint density at radius 1 is 1.18 bits per heavy atom. The lowest BCUT2D eigenvalue weighted by Crippen LogP contribution is -1.94. The topological polar surface area (TPSA) is 43.3 Å². The molecule has 0 spiro atoms. The molecule has 0 saturated heterocycles. The zero-order chi connectivity index (χ0) is 15.4. The molecule has 0 aliphatic heterocycles. The molecule has 0 amide bonds. The van der Waals surface area contributed by atoms with E-state index in [-0.39, 0.29) is 5.82 Å². The Balaban J connectivity index is 2.10. The maximum absolute atomic E-state index is 13.6. The quantitative estimate of drug-likeness (QED) is 0.560. The third kappa shape index (κ3) is 1.82. The van der Waals surface area contributed by atoms with Crippen LogP contribution in [-0.2, 0) is 0 Å².